The predicted molar refractivity (Wildman–Crippen MR) is 110 cm³/mol. The number of aromatic nitrogens is 1. The van der Waals surface area contributed by atoms with E-state index in [1.807, 2.05) is 13.1 Å². The van der Waals surface area contributed by atoms with Crippen molar-refractivity contribution in [3.8, 4) is 0 Å². The molecule has 2 amide bonds. The Bertz CT molecular complexity index is 584. The van der Waals surface area contributed by atoms with Gasteiger partial charge in [0.2, 0.25) is 0 Å². The summed E-state index contributed by atoms with van der Waals surface area (Å²) in [7, 11) is 0. The fraction of sp³-hybridized carbons (Fsp3) is 0.810. The first kappa shape index (κ1) is 19.7. The maximum Gasteiger partial charge on any atom is 0.324 e. The Balaban J connectivity index is 1.70. The summed E-state index contributed by atoms with van der Waals surface area (Å²) >= 11 is 1.56. The third kappa shape index (κ3) is 4.79. The monoisotopic (exact) mass is 377 g/mol. The lowest BCUT2D eigenvalue weighted by atomic mass is 9.78. The summed E-state index contributed by atoms with van der Waals surface area (Å²) < 4.78 is 0. The number of rotatable bonds is 4. The predicted octanol–water partition coefficient (Wildman–Crippen LogP) is 6.08. The lowest BCUT2D eigenvalue weighted by Gasteiger charge is -2.44. The van der Waals surface area contributed by atoms with Gasteiger partial charge in [-0.2, -0.15) is 0 Å². The lowest BCUT2D eigenvalue weighted by molar-refractivity contribution is 0.0896. The van der Waals surface area contributed by atoms with E-state index in [0.29, 0.717) is 12.1 Å². The molecule has 0 unspecified atom stereocenters. The van der Waals surface area contributed by atoms with E-state index in [1.165, 1.54) is 25.7 Å². The molecule has 0 atom stereocenters. The third-order valence-electron chi connectivity index (χ3n) is 6.53. The van der Waals surface area contributed by atoms with Crippen molar-refractivity contribution in [1.82, 2.24) is 9.88 Å². The highest BCUT2D eigenvalue weighted by Gasteiger charge is 2.35. The summed E-state index contributed by atoms with van der Waals surface area (Å²) in [5.41, 5.74) is 0. The van der Waals surface area contributed by atoms with Crippen molar-refractivity contribution < 1.29 is 4.79 Å². The zero-order valence-corrected chi connectivity index (χ0v) is 17.6. The second-order valence-corrected chi connectivity index (χ2v) is 10.1. The highest BCUT2D eigenvalue weighted by molar-refractivity contribution is 7.15. The van der Waals surface area contributed by atoms with Crippen LogP contribution in [0.25, 0.3) is 0 Å². The Hall–Kier alpha value is -1.10. The first-order valence-corrected chi connectivity index (χ1v) is 11.3. The molecule has 0 spiro atoms. The fourth-order valence-corrected chi connectivity index (χ4v) is 5.42. The van der Waals surface area contributed by atoms with Gasteiger partial charge in [0.25, 0.3) is 0 Å². The topological polar surface area (TPSA) is 45.2 Å². The van der Waals surface area contributed by atoms with E-state index in [9.17, 15) is 4.79 Å². The number of aryl methyl sites for hydroxylation is 1. The van der Waals surface area contributed by atoms with E-state index in [4.69, 9.17) is 0 Å². The molecule has 2 aliphatic carbocycles. The van der Waals surface area contributed by atoms with Crippen LogP contribution in [0.5, 0.6) is 0 Å². The molecule has 0 aliphatic heterocycles. The van der Waals surface area contributed by atoms with Gasteiger partial charge in [-0.15, -0.1) is 11.3 Å². The molecule has 2 aliphatic rings. The Morgan fingerprint density at radius 1 is 1.12 bits per heavy atom. The Morgan fingerprint density at radius 3 is 2.19 bits per heavy atom. The molecule has 0 saturated heterocycles. The van der Waals surface area contributed by atoms with Crippen LogP contribution >= 0.6 is 11.3 Å². The molecule has 2 saturated carbocycles. The number of urea groups is 1. The van der Waals surface area contributed by atoms with E-state index >= 15 is 0 Å². The van der Waals surface area contributed by atoms with Crippen molar-refractivity contribution in [2.45, 2.75) is 91.1 Å². The Labute approximate surface area is 162 Å². The number of anilines is 1. The standard InChI is InChI=1S/C21H35N3OS/c1-14(2)17-7-11-19(12-8-17)24(18-9-5-15(3)6-10-18)21(25)23-20-22-13-16(4)26-20/h13-15,17-19H,5-12H2,1-4H3,(H,22,23,25). The summed E-state index contributed by atoms with van der Waals surface area (Å²) in [4.78, 5) is 20.9. The lowest BCUT2D eigenvalue weighted by Crippen LogP contribution is -2.51. The number of nitrogens with one attached hydrogen (secondary N) is 1. The summed E-state index contributed by atoms with van der Waals surface area (Å²) in [6.07, 6.45) is 11.4. The number of hydrogen-bond donors (Lipinski definition) is 1. The molecule has 1 aromatic rings. The van der Waals surface area contributed by atoms with Crippen LogP contribution in [0, 0.1) is 24.7 Å². The minimum Gasteiger partial charge on any atom is -0.319 e. The van der Waals surface area contributed by atoms with Crippen LogP contribution in [0.15, 0.2) is 6.20 Å². The second-order valence-electron chi connectivity index (χ2n) is 8.84. The number of amides is 2. The van der Waals surface area contributed by atoms with Gasteiger partial charge < -0.3 is 4.90 Å². The Kier molecular flexibility index (Phi) is 6.60. The minimum atomic E-state index is 0.0758. The van der Waals surface area contributed by atoms with E-state index < -0.39 is 0 Å². The van der Waals surface area contributed by atoms with Crippen LogP contribution in [0.2, 0.25) is 0 Å². The number of carbonyl (C=O) groups excluding carboxylic acids is 1. The van der Waals surface area contributed by atoms with Crippen molar-refractivity contribution in [2.24, 2.45) is 17.8 Å². The zero-order chi connectivity index (χ0) is 18.7. The summed E-state index contributed by atoms with van der Waals surface area (Å²) in [5, 5.41) is 3.83. The molecule has 0 radical (unpaired) electrons. The highest BCUT2D eigenvalue weighted by Crippen LogP contribution is 2.36. The van der Waals surface area contributed by atoms with E-state index in [1.54, 1.807) is 11.3 Å². The minimum absolute atomic E-state index is 0.0758. The zero-order valence-electron chi connectivity index (χ0n) is 16.8. The Morgan fingerprint density at radius 2 is 1.69 bits per heavy atom. The molecule has 1 heterocycles. The molecule has 26 heavy (non-hydrogen) atoms. The van der Waals surface area contributed by atoms with Crippen LogP contribution in [0.4, 0.5) is 9.93 Å². The van der Waals surface area contributed by atoms with Crippen LogP contribution in [0.1, 0.15) is 77.0 Å². The van der Waals surface area contributed by atoms with Crippen LogP contribution in [-0.4, -0.2) is 28.0 Å². The quantitative estimate of drug-likeness (QED) is 0.691. The number of carbonyl (C=O) groups is 1. The summed E-state index contributed by atoms with van der Waals surface area (Å²) in [6, 6.07) is 0.865. The van der Waals surface area contributed by atoms with Gasteiger partial charge in [0, 0.05) is 23.2 Å². The summed E-state index contributed by atoms with van der Waals surface area (Å²) in [5.74, 6) is 2.38. The normalized spacial score (nSPS) is 29.6. The molecule has 1 N–H and O–H groups in total. The van der Waals surface area contributed by atoms with Crippen molar-refractivity contribution in [2.75, 3.05) is 5.32 Å². The maximum absolute atomic E-state index is 13.2. The molecule has 1 aromatic heterocycles. The first-order chi connectivity index (χ1) is 12.4. The van der Waals surface area contributed by atoms with Crippen molar-refractivity contribution in [1.29, 1.82) is 0 Å². The van der Waals surface area contributed by atoms with Crippen molar-refractivity contribution >= 4 is 22.5 Å². The smallest absolute Gasteiger partial charge is 0.319 e. The molecule has 3 rings (SSSR count). The number of thiazole rings is 1. The average Bonchev–Trinajstić information content (AvgIpc) is 3.02. The van der Waals surface area contributed by atoms with Gasteiger partial charge in [-0.05, 0) is 76.0 Å². The number of hydrogen-bond acceptors (Lipinski definition) is 3. The molecular weight excluding hydrogens is 342 g/mol. The first-order valence-electron chi connectivity index (χ1n) is 10.5. The van der Waals surface area contributed by atoms with E-state index in [2.05, 4.69) is 36.0 Å². The molecule has 0 bridgehead atoms. The van der Waals surface area contributed by atoms with Gasteiger partial charge in [0.1, 0.15) is 0 Å². The second kappa shape index (κ2) is 8.73. The van der Waals surface area contributed by atoms with Crippen LogP contribution in [-0.2, 0) is 0 Å². The van der Waals surface area contributed by atoms with Crippen molar-refractivity contribution in [3.63, 3.8) is 0 Å². The molecule has 5 heteroatoms. The maximum atomic E-state index is 13.2. The molecule has 146 valence electrons. The third-order valence-corrected chi connectivity index (χ3v) is 7.35. The van der Waals surface area contributed by atoms with Gasteiger partial charge in [-0.25, -0.2) is 9.78 Å². The SMILES string of the molecule is Cc1cnc(NC(=O)N(C2CCC(C)CC2)C2CCC(C(C)C)CC2)s1. The highest BCUT2D eigenvalue weighted by atomic mass is 32.1. The largest absolute Gasteiger partial charge is 0.324 e. The molecule has 4 nitrogen and oxygen atoms in total. The van der Waals surface area contributed by atoms with E-state index in [0.717, 1.165) is 53.4 Å². The van der Waals surface area contributed by atoms with Gasteiger partial charge in [-0.3, -0.25) is 5.32 Å². The van der Waals surface area contributed by atoms with Gasteiger partial charge >= 0.3 is 6.03 Å². The number of nitrogens with zero attached hydrogens (tertiary/aromatic N) is 2. The van der Waals surface area contributed by atoms with Crippen molar-refractivity contribution in [3.05, 3.63) is 11.1 Å². The fourth-order valence-electron chi connectivity index (χ4n) is 4.77. The van der Waals surface area contributed by atoms with Crippen LogP contribution in [0.3, 0.4) is 0 Å². The van der Waals surface area contributed by atoms with E-state index in [-0.39, 0.29) is 6.03 Å². The van der Waals surface area contributed by atoms with Gasteiger partial charge in [0.05, 0.1) is 0 Å². The molecule has 2 fully saturated rings. The van der Waals surface area contributed by atoms with Gasteiger partial charge in [-0.1, -0.05) is 20.8 Å². The van der Waals surface area contributed by atoms with Crippen LogP contribution < -0.4 is 5.32 Å². The average molecular weight is 378 g/mol. The molecule has 0 aromatic carbocycles. The van der Waals surface area contributed by atoms with Gasteiger partial charge in [0.15, 0.2) is 5.13 Å². The summed E-state index contributed by atoms with van der Waals surface area (Å²) in [6.45, 7) is 9.04. The molecular formula is C21H35N3OS.